The summed E-state index contributed by atoms with van der Waals surface area (Å²) in [6, 6.07) is 11.9. The molecule has 0 unspecified atom stereocenters. The van der Waals surface area contributed by atoms with E-state index in [1.54, 1.807) is 48.8 Å². The Morgan fingerprint density at radius 3 is 2.61 bits per heavy atom. The highest BCUT2D eigenvalue weighted by molar-refractivity contribution is 6.11. The number of ether oxygens (including phenoxy) is 1. The number of nitrogens with zero attached hydrogens (tertiary/aromatic N) is 3. The Bertz CT molecular complexity index is 1180. The van der Waals surface area contributed by atoms with Crippen LogP contribution in [0.4, 0.5) is 0 Å². The number of aromatic nitrogens is 2. The molecule has 2 aromatic heterocycles. The van der Waals surface area contributed by atoms with Crippen LogP contribution in [0.25, 0.3) is 0 Å². The summed E-state index contributed by atoms with van der Waals surface area (Å²) in [5.41, 5.74) is 0.221. The second kappa shape index (κ2) is 9.72. The Morgan fingerprint density at radius 2 is 2.00 bits per heavy atom. The molecular weight excluding hydrogens is 394 g/mol. The molecule has 3 rings (SSSR count). The van der Waals surface area contributed by atoms with Crippen LogP contribution in [0, 0.1) is 18.3 Å². The minimum Gasteiger partial charge on any atom is -0.494 e. The first-order valence-electron chi connectivity index (χ1n) is 10.0. The Balaban J connectivity index is 2.02. The van der Waals surface area contributed by atoms with E-state index in [1.165, 1.54) is 6.92 Å². The molecule has 2 heterocycles. The van der Waals surface area contributed by atoms with Crippen LogP contribution in [0.1, 0.15) is 52.4 Å². The Hall–Kier alpha value is -3.92. The first kappa shape index (κ1) is 21.8. The lowest BCUT2D eigenvalue weighted by atomic mass is 9.97. The third-order valence-electron chi connectivity index (χ3n) is 4.97. The average molecular weight is 417 g/mol. The Labute approximate surface area is 180 Å². The third kappa shape index (κ3) is 4.64. The van der Waals surface area contributed by atoms with Crippen molar-refractivity contribution in [2.45, 2.75) is 33.2 Å². The SMILES string of the molecule is CCCCOc1ccc(C(=O)c2c(C)c(C#N)c(=O)n(Cc3cccnc3)c2O)cc1. The number of pyridine rings is 2. The normalized spacial score (nSPS) is 10.5. The van der Waals surface area contributed by atoms with Crippen molar-refractivity contribution < 1.29 is 14.6 Å². The number of benzene rings is 1. The molecule has 1 N–H and O–H groups in total. The van der Waals surface area contributed by atoms with Crippen molar-refractivity contribution in [2.24, 2.45) is 0 Å². The molecule has 7 heteroatoms. The summed E-state index contributed by atoms with van der Waals surface area (Å²) in [7, 11) is 0. The summed E-state index contributed by atoms with van der Waals surface area (Å²) in [6.45, 7) is 4.14. The fourth-order valence-electron chi connectivity index (χ4n) is 3.22. The number of carbonyl (C=O) groups is 1. The quantitative estimate of drug-likeness (QED) is 0.444. The number of ketones is 1. The number of unbranched alkanes of at least 4 members (excludes halogenated alkanes) is 1. The number of aromatic hydroxyl groups is 1. The second-order valence-corrected chi connectivity index (χ2v) is 7.12. The van der Waals surface area contributed by atoms with Crippen molar-refractivity contribution in [1.29, 1.82) is 5.26 Å². The summed E-state index contributed by atoms with van der Waals surface area (Å²) < 4.78 is 6.64. The van der Waals surface area contributed by atoms with Gasteiger partial charge >= 0.3 is 0 Å². The molecule has 0 saturated heterocycles. The van der Waals surface area contributed by atoms with Crippen molar-refractivity contribution in [3.05, 3.63) is 87.0 Å². The van der Waals surface area contributed by atoms with Crippen molar-refractivity contribution in [2.75, 3.05) is 6.61 Å². The lowest BCUT2D eigenvalue weighted by Crippen LogP contribution is -2.27. The van der Waals surface area contributed by atoms with Crippen LogP contribution in [0.15, 0.2) is 53.6 Å². The van der Waals surface area contributed by atoms with Gasteiger partial charge in [-0.25, -0.2) is 0 Å². The van der Waals surface area contributed by atoms with Gasteiger partial charge in [0, 0.05) is 18.0 Å². The zero-order chi connectivity index (χ0) is 22.4. The molecule has 31 heavy (non-hydrogen) atoms. The minimum atomic E-state index is -0.655. The van der Waals surface area contributed by atoms with E-state index in [0.717, 1.165) is 17.4 Å². The van der Waals surface area contributed by atoms with E-state index in [2.05, 4.69) is 11.9 Å². The standard InChI is InChI=1S/C24H23N3O4/c1-3-4-12-31-19-9-7-18(8-10-19)22(28)21-16(2)20(13-25)23(29)27(24(21)30)15-17-6-5-11-26-14-17/h5-11,14,30H,3-4,12,15H2,1-2H3. The monoisotopic (exact) mass is 417 g/mol. The molecule has 0 fully saturated rings. The largest absolute Gasteiger partial charge is 0.494 e. The number of nitriles is 1. The Morgan fingerprint density at radius 1 is 1.26 bits per heavy atom. The lowest BCUT2D eigenvalue weighted by Gasteiger charge is -2.16. The predicted molar refractivity (Wildman–Crippen MR) is 115 cm³/mol. The molecule has 7 nitrogen and oxygen atoms in total. The van der Waals surface area contributed by atoms with Gasteiger partial charge in [-0.1, -0.05) is 19.4 Å². The van der Waals surface area contributed by atoms with Gasteiger partial charge in [-0.05, 0) is 54.8 Å². The van der Waals surface area contributed by atoms with Crippen molar-refractivity contribution in [3.63, 3.8) is 0 Å². The van der Waals surface area contributed by atoms with Crippen LogP contribution in [0.3, 0.4) is 0 Å². The summed E-state index contributed by atoms with van der Waals surface area (Å²) in [6.07, 6.45) is 5.09. The third-order valence-corrected chi connectivity index (χ3v) is 4.97. The van der Waals surface area contributed by atoms with Crippen LogP contribution < -0.4 is 10.3 Å². The van der Waals surface area contributed by atoms with Gasteiger partial charge < -0.3 is 9.84 Å². The number of carbonyl (C=O) groups excluding carboxylic acids is 1. The van der Waals surface area contributed by atoms with Gasteiger partial charge in [0.15, 0.2) is 5.78 Å². The molecule has 0 saturated carbocycles. The molecule has 1 aromatic carbocycles. The average Bonchev–Trinajstić information content (AvgIpc) is 2.78. The smallest absolute Gasteiger partial charge is 0.271 e. The van der Waals surface area contributed by atoms with Gasteiger partial charge in [0.05, 0.1) is 18.7 Å². The van der Waals surface area contributed by atoms with Crippen LogP contribution in [-0.2, 0) is 6.54 Å². The van der Waals surface area contributed by atoms with E-state index >= 15 is 0 Å². The molecule has 0 spiro atoms. The number of hydrogen-bond donors (Lipinski definition) is 1. The highest BCUT2D eigenvalue weighted by atomic mass is 16.5. The van der Waals surface area contributed by atoms with E-state index in [0.29, 0.717) is 23.5 Å². The van der Waals surface area contributed by atoms with Gasteiger partial charge in [-0.15, -0.1) is 0 Å². The molecule has 0 aliphatic carbocycles. The first-order chi connectivity index (χ1) is 15.0. The maximum atomic E-state index is 13.2. The van der Waals surface area contributed by atoms with E-state index in [-0.39, 0.29) is 23.2 Å². The zero-order valence-electron chi connectivity index (χ0n) is 17.5. The summed E-state index contributed by atoms with van der Waals surface area (Å²) >= 11 is 0. The van der Waals surface area contributed by atoms with E-state index in [4.69, 9.17) is 4.74 Å². The van der Waals surface area contributed by atoms with Crippen LogP contribution in [0.2, 0.25) is 0 Å². The minimum absolute atomic E-state index is 0.0159. The van der Waals surface area contributed by atoms with Gasteiger partial charge in [-0.3, -0.25) is 19.1 Å². The summed E-state index contributed by atoms with van der Waals surface area (Å²) in [5, 5.41) is 20.4. The predicted octanol–water partition coefficient (Wildman–Crippen LogP) is 3.59. The fourth-order valence-corrected chi connectivity index (χ4v) is 3.22. The molecule has 0 aliphatic rings. The van der Waals surface area contributed by atoms with Gasteiger partial charge in [-0.2, -0.15) is 5.26 Å². The highest BCUT2D eigenvalue weighted by Crippen LogP contribution is 2.26. The van der Waals surface area contributed by atoms with Gasteiger partial charge in [0.1, 0.15) is 17.4 Å². The zero-order valence-corrected chi connectivity index (χ0v) is 17.5. The highest BCUT2D eigenvalue weighted by Gasteiger charge is 2.25. The molecule has 3 aromatic rings. The summed E-state index contributed by atoms with van der Waals surface area (Å²) in [5.74, 6) is -0.310. The van der Waals surface area contributed by atoms with E-state index in [1.807, 2.05) is 6.07 Å². The van der Waals surface area contributed by atoms with Crippen molar-refractivity contribution >= 4 is 5.78 Å². The van der Waals surface area contributed by atoms with Gasteiger partial charge in [0.2, 0.25) is 5.88 Å². The van der Waals surface area contributed by atoms with Crippen LogP contribution >= 0.6 is 0 Å². The molecule has 0 aliphatic heterocycles. The van der Waals surface area contributed by atoms with Crippen LogP contribution in [-0.4, -0.2) is 27.0 Å². The number of hydrogen-bond acceptors (Lipinski definition) is 6. The molecular formula is C24H23N3O4. The first-order valence-corrected chi connectivity index (χ1v) is 10.0. The van der Waals surface area contributed by atoms with E-state index < -0.39 is 17.2 Å². The van der Waals surface area contributed by atoms with Gasteiger partial charge in [0.25, 0.3) is 5.56 Å². The van der Waals surface area contributed by atoms with E-state index in [9.17, 15) is 20.0 Å². The van der Waals surface area contributed by atoms with Crippen molar-refractivity contribution in [3.8, 4) is 17.7 Å². The van der Waals surface area contributed by atoms with Crippen molar-refractivity contribution in [1.82, 2.24) is 9.55 Å². The fraction of sp³-hybridized carbons (Fsp3) is 0.250. The molecule has 0 radical (unpaired) electrons. The molecule has 0 amide bonds. The topological polar surface area (TPSA) is 105 Å². The maximum Gasteiger partial charge on any atom is 0.271 e. The maximum absolute atomic E-state index is 13.2. The summed E-state index contributed by atoms with van der Waals surface area (Å²) in [4.78, 5) is 30.0. The molecule has 0 atom stereocenters. The second-order valence-electron chi connectivity index (χ2n) is 7.12. The molecule has 0 bridgehead atoms. The number of rotatable bonds is 8. The van der Waals surface area contributed by atoms with Crippen LogP contribution in [0.5, 0.6) is 11.6 Å². The lowest BCUT2D eigenvalue weighted by molar-refractivity contribution is 0.103. The Kier molecular flexibility index (Phi) is 6.83. The molecule has 158 valence electrons.